The molecule has 2 rings (SSSR count). The first kappa shape index (κ1) is 20.5. The van der Waals surface area contributed by atoms with E-state index in [9.17, 15) is 40.3 Å². The van der Waals surface area contributed by atoms with E-state index in [0.717, 1.165) is 9.36 Å². The van der Waals surface area contributed by atoms with Crippen molar-refractivity contribution in [3.05, 3.63) is 46.4 Å². The lowest BCUT2D eigenvalue weighted by Gasteiger charge is -2.26. The molecule has 0 unspecified atom stereocenters. The summed E-state index contributed by atoms with van der Waals surface area (Å²) in [6, 6.07) is 7.62. The Hall–Kier alpha value is -2.79. The van der Waals surface area contributed by atoms with Gasteiger partial charge in [0.2, 0.25) is 0 Å². The van der Waals surface area contributed by atoms with Gasteiger partial charge in [0.15, 0.2) is 0 Å². The zero-order valence-electron chi connectivity index (χ0n) is 13.7. The van der Waals surface area contributed by atoms with Crippen molar-refractivity contribution in [2.45, 2.75) is 24.9 Å². The maximum Gasteiger partial charge on any atom is 0.460 e. The topological polar surface area (TPSA) is 56.0 Å². The summed E-state index contributed by atoms with van der Waals surface area (Å²) < 4.78 is 91.5. The van der Waals surface area contributed by atoms with E-state index in [1.807, 2.05) is 0 Å². The van der Waals surface area contributed by atoms with Gasteiger partial charge < -0.3 is 5.32 Å². The highest BCUT2D eigenvalue weighted by atomic mass is 19.4. The number of rotatable bonds is 4. The molecule has 0 atom stereocenters. The van der Waals surface area contributed by atoms with Gasteiger partial charge in [0.05, 0.1) is 11.4 Å². The van der Waals surface area contributed by atoms with Gasteiger partial charge in [-0.25, -0.2) is 4.68 Å². The highest BCUT2D eigenvalue weighted by molar-refractivity contribution is 5.97. The van der Waals surface area contributed by atoms with E-state index >= 15 is 0 Å². The van der Waals surface area contributed by atoms with Gasteiger partial charge in [-0.05, 0) is 19.1 Å². The number of carbonyl (C=O) groups is 1. The minimum atomic E-state index is -6.66. The lowest BCUT2D eigenvalue weighted by molar-refractivity contribution is -0.343. The zero-order valence-corrected chi connectivity index (χ0v) is 13.7. The Morgan fingerprint density at radius 2 is 1.52 bits per heavy atom. The van der Waals surface area contributed by atoms with Crippen LogP contribution in [0.2, 0.25) is 0 Å². The van der Waals surface area contributed by atoms with Gasteiger partial charge in [-0.3, -0.25) is 14.3 Å². The smallest absolute Gasteiger partial charge is 0.314 e. The Kier molecular flexibility index (Phi) is 4.88. The SMILES string of the molecule is Cc1c(NC(=O)C(F)(F)C(F)(F)C(F)(F)F)c(=O)n(-c2ccccc2)n1C. The molecule has 0 radical (unpaired) electrons. The molecule has 0 bridgehead atoms. The Balaban J connectivity index is 2.47. The van der Waals surface area contributed by atoms with E-state index in [0.29, 0.717) is 0 Å². The standard InChI is InChI=1S/C15H12F7N3O2/c1-8-10(11(26)25(24(8)2)9-6-4-3-5-7-9)23-12(27)13(16,17)14(18,19)15(20,21)22/h3-7H,1-2H3,(H,23,27). The van der Waals surface area contributed by atoms with Crippen LogP contribution < -0.4 is 10.9 Å². The summed E-state index contributed by atoms with van der Waals surface area (Å²) >= 11 is 0. The second-order valence-corrected chi connectivity index (χ2v) is 5.54. The second-order valence-electron chi connectivity index (χ2n) is 5.54. The van der Waals surface area contributed by atoms with Crippen LogP contribution in [0.3, 0.4) is 0 Å². The number of aromatic nitrogens is 2. The molecular weight excluding hydrogens is 387 g/mol. The molecule has 1 amide bonds. The molecule has 27 heavy (non-hydrogen) atoms. The maximum atomic E-state index is 13.5. The number of carbonyl (C=O) groups excluding carboxylic acids is 1. The number of para-hydroxylation sites is 1. The quantitative estimate of drug-likeness (QED) is 0.803. The molecular formula is C15H12F7N3O2. The first-order valence-corrected chi connectivity index (χ1v) is 7.21. The molecule has 0 aliphatic rings. The summed E-state index contributed by atoms with van der Waals surface area (Å²) in [5.74, 6) is -15.7. The van der Waals surface area contributed by atoms with Crippen LogP contribution in [-0.2, 0) is 11.8 Å². The minimum absolute atomic E-state index is 0.136. The number of anilines is 1. The van der Waals surface area contributed by atoms with Crippen molar-refractivity contribution in [1.29, 1.82) is 0 Å². The predicted octanol–water partition coefficient (Wildman–Crippen LogP) is 3.26. The van der Waals surface area contributed by atoms with E-state index in [2.05, 4.69) is 0 Å². The van der Waals surface area contributed by atoms with Gasteiger partial charge in [0.1, 0.15) is 5.69 Å². The molecule has 0 aliphatic carbocycles. The largest absolute Gasteiger partial charge is 0.460 e. The minimum Gasteiger partial charge on any atom is -0.314 e. The molecule has 5 nitrogen and oxygen atoms in total. The van der Waals surface area contributed by atoms with Gasteiger partial charge in [-0.2, -0.15) is 30.7 Å². The summed E-state index contributed by atoms with van der Waals surface area (Å²) in [5, 5.41) is 1.20. The fraction of sp³-hybridized carbons (Fsp3) is 0.333. The summed E-state index contributed by atoms with van der Waals surface area (Å²) in [6.45, 7) is 1.19. The van der Waals surface area contributed by atoms with Crippen molar-refractivity contribution in [3.8, 4) is 5.69 Å². The van der Waals surface area contributed by atoms with Gasteiger partial charge >= 0.3 is 23.9 Å². The molecule has 148 valence electrons. The van der Waals surface area contributed by atoms with Crippen molar-refractivity contribution >= 4 is 11.6 Å². The highest BCUT2D eigenvalue weighted by Gasteiger charge is 2.76. The van der Waals surface area contributed by atoms with E-state index < -0.39 is 35.2 Å². The number of halogens is 7. The fourth-order valence-electron chi connectivity index (χ4n) is 2.22. The van der Waals surface area contributed by atoms with E-state index in [-0.39, 0.29) is 11.4 Å². The van der Waals surface area contributed by atoms with Crippen LogP contribution in [-0.4, -0.2) is 33.3 Å². The summed E-state index contributed by atoms with van der Waals surface area (Å²) in [6.07, 6.45) is -6.66. The second kappa shape index (κ2) is 6.43. The average molecular weight is 399 g/mol. The number of alkyl halides is 7. The van der Waals surface area contributed by atoms with Gasteiger partial charge in [0, 0.05) is 7.05 Å². The highest BCUT2D eigenvalue weighted by Crippen LogP contribution is 2.46. The first-order chi connectivity index (χ1) is 12.2. The molecule has 12 heteroatoms. The molecule has 0 aliphatic heterocycles. The lowest BCUT2D eigenvalue weighted by Crippen LogP contribution is -2.58. The van der Waals surface area contributed by atoms with Crippen LogP contribution in [0, 0.1) is 6.92 Å². The Bertz CT molecular complexity index is 914. The average Bonchev–Trinajstić information content (AvgIpc) is 2.78. The predicted molar refractivity (Wildman–Crippen MR) is 80.3 cm³/mol. The lowest BCUT2D eigenvalue weighted by atomic mass is 10.1. The van der Waals surface area contributed by atoms with Crippen molar-refractivity contribution < 1.29 is 35.5 Å². The third kappa shape index (κ3) is 3.19. The summed E-state index contributed by atoms with van der Waals surface area (Å²) in [4.78, 5) is 23.9. The maximum absolute atomic E-state index is 13.5. The molecule has 0 saturated heterocycles. The van der Waals surface area contributed by atoms with Crippen LogP contribution in [0.1, 0.15) is 5.69 Å². The van der Waals surface area contributed by atoms with Crippen LogP contribution >= 0.6 is 0 Å². The van der Waals surface area contributed by atoms with Gasteiger partial charge in [-0.1, -0.05) is 18.2 Å². The molecule has 2 aromatic rings. The fourth-order valence-corrected chi connectivity index (χ4v) is 2.22. The van der Waals surface area contributed by atoms with Crippen molar-refractivity contribution in [1.82, 2.24) is 9.36 Å². The molecule has 1 aromatic heterocycles. The Morgan fingerprint density at radius 1 is 1.00 bits per heavy atom. The normalized spacial score (nSPS) is 12.9. The number of amides is 1. The van der Waals surface area contributed by atoms with E-state index in [1.165, 1.54) is 31.4 Å². The molecule has 1 heterocycles. The van der Waals surface area contributed by atoms with Crippen LogP contribution in [0.4, 0.5) is 36.4 Å². The Labute approximate surface area is 147 Å². The van der Waals surface area contributed by atoms with Crippen LogP contribution in [0.25, 0.3) is 5.69 Å². The molecule has 0 saturated carbocycles. The van der Waals surface area contributed by atoms with E-state index in [1.54, 1.807) is 18.2 Å². The number of benzene rings is 1. The summed E-state index contributed by atoms with van der Waals surface area (Å²) in [7, 11) is 1.31. The number of hydrogen-bond donors (Lipinski definition) is 1. The molecule has 1 aromatic carbocycles. The number of nitrogens with one attached hydrogen (secondary N) is 1. The first-order valence-electron chi connectivity index (χ1n) is 7.21. The number of nitrogens with zero attached hydrogens (tertiary/aromatic N) is 2. The van der Waals surface area contributed by atoms with Crippen LogP contribution in [0.15, 0.2) is 35.1 Å². The zero-order chi connectivity index (χ0) is 20.8. The van der Waals surface area contributed by atoms with Crippen molar-refractivity contribution in [2.24, 2.45) is 7.05 Å². The van der Waals surface area contributed by atoms with Gasteiger partial charge in [0.25, 0.3) is 5.56 Å². The van der Waals surface area contributed by atoms with Gasteiger partial charge in [-0.15, -0.1) is 0 Å². The summed E-state index contributed by atoms with van der Waals surface area (Å²) in [5.41, 5.74) is -1.81. The third-order valence-corrected chi connectivity index (χ3v) is 3.83. The molecule has 0 spiro atoms. The van der Waals surface area contributed by atoms with Crippen LogP contribution in [0.5, 0.6) is 0 Å². The monoisotopic (exact) mass is 399 g/mol. The molecule has 1 N–H and O–H groups in total. The molecule has 0 fully saturated rings. The Morgan fingerprint density at radius 3 is 2.00 bits per heavy atom. The van der Waals surface area contributed by atoms with E-state index in [4.69, 9.17) is 0 Å². The third-order valence-electron chi connectivity index (χ3n) is 3.83. The van der Waals surface area contributed by atoms with Crippen molar-refractivity contribution in [3.63, 3.8) is 0 Å². The van der Waals surface area contributed by atoms with Crippen molar-refractivity contribution in [2.75, 3.05) is 5.32 Å². The number of hydrogen-bond acceptors (Lipinski definition) is 2.